The lowest BCUT2D eigenvalue weighted by atomic mass is 10.1. The zero-order valence-corrected chi connectivity index (χ0v) is 16.8. The highest BCUT2D eigenvalue weighted by molar-refractivity contribution is 6.34. The van der Waals surface area contributed by atoms with Crippen molar-refractivity contribution in [1.29, 1.82) is 0 Å². The second kappa shape index (κ2) is 18.1. The number of primary amides is 1. The molecular formula is C20H38N4O2. The zero-order valence-electron chi connectivity index (χ0n) is 16.8. The van der Waals surface area contributed by atoms with Crippen LogP contribution >= 0.6 is 0 Å². The molecule has 0 aromatic carbocycles. The van der Waals surface area contributed by atoms with E-state index in [9.17, 15) is 9.59 Å². The topological polar surface area (TPSA) is 88.1 Å². The third kappa shape index (κ3) is 14.6. The van der Waals surface area contributed by atoms with E-state index >= 15 is 0 Å². The van der Waals surface area contributed by atoms with Crippen molar-refractivity contribution in [1.82, 2.24) is 5.12 Å². The van der Waals surface area contributed by atoms with E-state index in [1.807, 2.05) is 0 Å². The summed E-state index contributed by atoms with van der Waals surface area (Å²) in [6.07, 6.45) is 19.2. The molecule has 0 aromatic heterocycles. The third-order valence-corrected chi connectivity index (χ3v) is 4.15. The van der Waals surface area contributed by atoms with Gasteiger partial charge in [0.05, 0.1) is 0 Å². The molecule has 0 aliphatic heterocycles. The first-order chi connectivity index (χ1) is 12.6. The van der Waals surface area contributed by atoms with Gasteiger partial charge in [0, 0.05) is 12.4 Å². The fourth-order valence-electron chi connectivity index (χ4n) is 2.54. The second-order valence-corrected chi connectivity index (χ2v) is 6.67. The number of nitrogens with zero attached hydrogens (tertiary/aromatic N) is 3. The second-order valence-electron chi connectivity index (χ2n) is 6.67. The van der Waals surface area contributed by atoms with E-state index in [0.717, 1.165) is 43.6 Å². The number of hydrogen-bond acceptors (Lipinski definition) is 4. The molecule has 0 saturated heterocycles. The van der Waals surface area contributed by atoms with Crippen LogP contribution in [0.2, 0.25) is 0 Å². The number of hydrogen-bond donors (Lipinski definition) is 1. The van der Waals surface area contributed by atoms with Crippen LogP contribution in [0.25, 0.3) is 0 Å². The normalized spacial score (nSPS) is 11.5. The van der Waals surface area contributed by atoms with Crippen molar-refractivity contribution in [2.45, 2.75) is 104 Å². The van der Waals surface area contributed by atoms with Crippen molar-refractivity contribution < 1.29 is 9.59 Å². The first kappa shape index (κ1) is 24.3. The van der Waals surface area contributed by atoms with Crippen LogP contribution in [0.1, 0.15) is 104 Å². The smallest absolute Gasteiger partial charge is 0.352 e. The van der Waals surface area contributed by atoms with Gasteiger partial charge in [0.15, 0.2) is 0 Å². The Hall–Kier alpha value is -1.72. The quantitative estimate of drug-likeness (QED) is 0.184. The lowest BCUT2D eigenvalue weighted by Crippen LogP contribution is -2.34. The minimum atomic E-state index is -1.04. The van der Waals surface area contributed by atoms with Crippen LogP contribution in [0.5, 0.6) is 0 Å². The van der Waals surface area contributed by atoms with E-state index in [2.05, 4.69) is 24.1 Å². The molecule has 150 valence electrons. The molecule has 0 radical (unpaired) electrons. The molecule has 0 fully saturated rings. The van der Waals surface area contributed by atoms with E-state index in [-0.39, 0.29) is 0 Å². The third-order valence-electron chi connectivity index (χ3n) is 4.15. The molecule has 0 aliphatic carbocycles. The van der Waals surface area contributed by atoms with Crippen LogP contribution in [-0.2, 0) is 9.59 Å². The van der Waals surface area contributed by atoms with Gasteiger partial charge in [-0.2, -0.15) is 10.2 Å². The van der Waals surface area contributed by atoms with E-state index in [1.165, 1.54) is 51.4 Å². The van der Waals surface area contributed by atoms with Crippen molar-refractivity contribution in [3.8, 4) is 0 Å². The molecule has 0 bridgehead atoms. The predicted molar refractivity (Wildman–Crippen MR) is 109 cm³/mol. The summed E-state index contributed by atoms with van der Waals surface area (Å²) in [6, 6.07) is 0. The number of rotatable bonds is 16. The summed E-state index contributed by atoms with van der Waals surface area (Å²) in [4.78, 5) is 22.8. The minimum absolute atomic E-state index is 0.765. The van der Waals surface area contributed by atoms with Crippen molar-refractivity contribution >= 4 is 24.2 Å². The summed E-state index contributed by atoms with van der Waals surface area (Å²) < 4.78 is 0. The number of carbonyl (C=O) groups excluding carboxylic acids is 2. The summed E-state index contributed by atoms with van der Waals surface area (Å²) in [7, 11) is 0. The number of carbonyl (C=O) groups is 2. The van der Waals surface area contributed by atoms with E-state index in [1.54, 1.807) is 12.4 Å². The van der Waals surface area contributed by atoms with Gasteiger partial charge in [-0.1, -0.05) is 78.1 Å². The maximum Gasteiger partial charge on any atom is 0.352 e. The van der Waals surface area contributed by atoms with E-state index in [4.69, 9.17) is 5.73 Å². The SMILES string of the molecule is CCCCCCCC/C=N/N(/N=C/CCCCCCCC)C(=O)C(N)=O. The Bertz CT molecular complexity index is 396. The van der Waals surface area contributed by atoms with Crippen molar-refractivity contribution in [2.75, 3.05) is 0 Å². The molecule has 0 aromatic rings. The largest absolute Gasteiger partial charge is 0.361 e. The maximum absolute atomic E-state index is 11.7. The van der Waals surface area contributed by atoms with Crippen LogP contribution in [0.4, 0.5) is 0 Å². The molecule has 0 heterocycles. The van der Waals surface area contributed by atoms with Crippen molar-refractivity contribution in [2.24, 2.45) is 15.9 Å². The highest BCUT2D eigenvalue weighted by atomic mass is 16.2. The van der Waals surface area contributed by atoms with Gasteiger partial charge in [-0.15, -0.1) is 5.12 Å². The molecule has 26 heavy (non-hydrogen) atoms. The summed E-state index contributed by atoms with van der Waals surface area (Å²) in [6.45, 7) is 4.40. The lowest BCUT2D eigenvalue weighted by Gasteiger charge is -2.08. The average molecular weight is 367 g/mol. The number of nitrogens with two attached hydrogens (primary N) is 1. The van der Waals surface area contributed by atoms with E-state index in [0.29, 0.717) is 0 Å². The molecule has 6 heteroatoms. The fourth-order valence-corrected chi connectivity index (χ4v) is 2.54. The van der Waals surface area contributed by atoms with Crippen molar-refractivity contribution in [3.05, 3.63) is 0 Å². The standard InChI is InChI=1S/C20H38N4O2/c1-3-5-7-9-11-13-15-17-22-24(20(26)19(21)25)23-18-16-14-12-10-8-6-4-2/h17-18H,3-16H2,1-2H3,(H2,21,25)/b22-17+,23-18+. The molecule has 0 atom stereocenters. The highest BCUT2D eigenvalue weighted by Crippen LogP contribution is 2.07. The van der Waals surface area contributed by atoms with Gasteiger partial charge in [-0.05, 0) is 25.7 Å². The number of hydrazone groups is 2. The van der Waals surface area contributed by atoms with Crippen LogP contribution in [0.15, 0.2) is 10.2 Å². The van der Waals surface area contributed by atoms with Gasteiger partial charge in [-0.3, -0.25) is 9.59 Å². The molecule has 2 amide bonds. The summed E-state index contributed by atoms with van der Waals surface area (Å²) in [5, 5.41) is 8.81. The van der Waals surface area contributed by atoms with Gasteiger partial charge in [0.2, 0.25) is 0 Å². The Morgan fingerprint density at radius 2 is 1.12 bits per heavy atom. The van der Waals surface area contributed by atoms with Crippen LogP contribution in [0.3, 0.4) is 0 Å². The predicted octanol–water partition coefficient (Wildman–Crippen LogP) is 4.77. The summed E-state index contributed by atoms with van der Waals surface area (Å²) in [5.74, 6) is -1.94. The van der Waals surface area contributed by atoms with Crippen LogP contribution in [0, 0.1) is 0 Å². The van der Waals surface area contributed by atoms with Crippen LogP contribution < -0.4 is 5.73 Å². The first-order valence-electron chi connectivity index (χ1n) is 10.3. The minimum Gasteiger partial charge on any atom is -0.361 e. The van der Waals surface area contributed by atoms with Gasteiger partial charge < -0.3 is 5.73 Å². The summed E-state index contributed by atoms with van der Waals surface area (Å²) in [5.41, 5.74) is 5.06. The van der Waals surface area contributed by atoms with Crippen molar-refractivity contribution in [3.63, 3.8) is 0 Å². The van der Waals surface area contributed by atoms with E-state index < -0.39 is 11.8 Å². The Balaban J connectivity index is 4.12. The average Bonchev–Trinajstić information content (AvgIpc) is 2.63. The molecule has 0 spiro atoms. The molecule has 6 nitrogen and oxygen atoms in total. The molecule has 0 aliphatic rings. The zero-order chi connectivity index (χ0) is 19.5. The summed E-state index contributed by atoms with van der Waals surface area (Å²) >= 11 is 0. The first-order valence-corrected chi connectivity index (χ1v) is 10.3. The number of unbranched alkanes of at least 4 members (excludes halogenated alkanes) is 12. The Labute approximate surface area is 159 Å². The fraction of sp³-hybridized carbons (Fsp3) is 0.800. The lowest BCUT2D eigenvalue weighted by molar-refractivity contribution is -0.144. The molecule has 0 rings (SSSR count). The molecule has 0 saturated carbocycles. The van der Waals surface area contributed by atoms with Gasteiger partial charge >= 0.3 is 11.8 Å². The molecular weight excluding hydrogens is 328 g/mol. The molecule has 0 unspecified atom stereocenters. The Morgan fingerprint density at radius 1 is 0.731 bits per heavy atom. The maximum atomic E-state index is 11.7. The Morgan fingerprint density at radius 3 is 1.50 bits per heavy atom. The van der Waals surface area contributed by atoms with Gasteiger partial charge in [0.25, 0.3) is 0 Å². The van der Waals surface area contributed by atoms with Gasteiger partial charge in [-0.25, -0.2) is 0 Å². The number of amides is 2. The van der Waals surface area contributed by atoms with Crippen LogP contribution in [-0.4, -0.2) is 29.4 Å². The van der Waals surface area contributed by atoms with Gasteiger partial charge in [0.1, 0.15) is 0 Å². The molecule has 2 N–H and O–H groups in total. The highest BCUT2D eigenvalue weighted by Gasteiger charge is 2.17. The monoisotopic (exact) mass is 366 g/mol. The Kier molecular flexibility index (Phi) is 16.9.